The Morgan fingerprint density at radius 1 is 1.00 bits per heavy atom. The molecule has 8 atom stereocenters. The highest BCUT2D eigenvalue weighted by Crippen LogP contribution is 2.66. The average molecular weight is 348 g/mol. The Hall–Kier alpha value is -0.410. The third-order valence-electron chi connectivity index (χ3n) is 9.29. The minimum absolute atomic E-state index is 0.0404. The lowest BCUT2D eigenvalue weighted by molar-refractivity contribution is -0.123. The molecule has 0 bridgehead atoms. The molecular formula is C22H37NO2. The second kappa shape index (κ2) is 6.64. The number of rotatable bonds is 4. The molecule has 25 heavy (non-hydrogen) atoms. The molecule has 4 fully saturated rings. The molecule has 0 spiro atoms. The Morgan fingerprint density at radius 2 is 1.76 bits per heavy atom. The van der Waals surface area contributed by atoms with Gasteiger partial charge in [-0.2, -0.15) is 0 Å². The second-order valence-corrected chi connectivity index (χ2v) is 10.2. The first-order valence-corrected chi connectivity index (χ1v) is 10.8. The van der Waals surface area contributed by atoms with E-state index < -0.39 is 0 Å². The molecule has 0 aromatic carbocycles. The quantitative estimate of drug-likeness (QED) is 0.598. The van der Waals surface area contributed by atoms with Crippen molar-refractivity contribution in [1.29, 1.82) is 0 Å². The van der Waals surface area contributed by atoms with E-state index in [1.54, 1.807) is 0 Å². The van der Waals surface area contributed by atoms with Crippen LogP contribution in [0, 0.1) is 34.5 Å². The SMILES string of the molecule is C[C@]12CCC(O)CC1CC[C@@H]1[C@H]2CC[C@]2(C)C(NCCC=O)CC[C@@H]12. The van der Waals surface area contributed by atoms with Gasteiger partial charge in [-0.15, -0.1) is 0 Å². The highest BCUT2D eigenvalue weighted by Gasteiger charge is 2.59. The van der Waals surface area contributed by atoms with E-state index in [1.165, 1.54) is 44.9 Å². The molecule has 0 aliphatic heterocycles. The van der Waals surface area contributed by atoms with Crippen LogP contribution in [0.25, 0.3) is 0 Å². The fourth-order valence-electron chi connectivity index (χ4n) is 7.89. The smallest absolute Gasteiger partial charge is 0.121 e. The van der Waals surface area contributed by atoms with Crippen molar-refractivity contribution in [3.63, 3.8) is 0 Å². The number of carbonyl (C=O) groups excluding carboxylic acids is 1. The second-order valence-electron chi connectivity index (χ2n) is 10.2. The van der Waals surface area contributed by atoms with Crippen LogP contribution in [0.4, 0.5) is 0 Å². The van der Waals surface area contributed by atoms with Gasteiger partial charge in [-0.25, -0.2) is 0 Å². The Labute approximate surface area is 153 Å². The fourth-order valence-corrected chi connectivity index (χ4v) is 7.89. The third kappa shape index (κ3) is 2.81. The van der Waals surface area contributed by atoms with Crippen LogP contribution in [0.15, 0.2) is 0 Å². The summed E-state index contributed by atoms with van der Waals surface area (Å²) in [6.07, 6.45) is 13.1. The topological polar surface area (TPSA) is 49.3 Å². The van der Waals surface area contributed by atoms with Crippen LogP contribution in [0.3, 0.4) is 0 Å². The highest BCUT2D eigenvalue weighted by molar-refractivity contribution is 5.49. The normalized spacial score (nSPS) is 52.1. The van der Waals surface area contributed by atoms with Crippen LogP contribution < -0.4 is 5.32 Å². The third-order valence-corrected chi connectivity index (χ3v) is 9.29. The van der Waals surface area contributed by atoms with E-state index in [4.69, 9.17) is 0 Å². The van der Waals surface area contributed by atoms with Crippen molar-refractivity contribution in [1.82, 2.24) is 5.32 Å². The molecular weight excluding hydrogens is 310 g/mol. The van der Waals surface area contributed by atoms with Gasteiger partial charge in [-0.1, -0.05) is 13.8 Å². The molecule has 4 saturated carbocycles. The van der Waals surface area contributed by atoms with Gasteiger partial charge in [0.05, 0.1) is 6.10 Å². The molecule has 4 aliphatic carbocycles. The predicted molar refractivity (Wildman–Crippen MR) is 100 cm³/mol. The highest BCUT2D eigenvalue weighted by atomic mass is 16.3. The maximum absolute atomic E-state index is 10.7. The number of aliphatic hydroxyl groups excluding tert-OH is 1. The zero-order valence-electron chi connectivity index (χ0n) is 16.2. The minimum Gasteiger partial charge on any atom is -0.393 e. The van der Waals surface area contributed by atoms with Crippen LogP contribution in [0.2, 0.25) is 0 Å². The first kappa shape index (κ1) is 18.0. The first-order chi connectivity index (χ1) is 12.0. The van der Waals surface area contributed by atoms with Gasteiger partial charge in [-0.05, 0) is 92.3 Å². The molecule has 3 nitrogen and oxygen atoms in total. The monoisotopic (exact) mass is 347 g/mol. The van der Waals surface area contributed by atoms with Crippen molar-refractivity contribution in [3.05, 3.63) is 0 Å². The molecule has 3 unspecified atom stereocenters. The lowest BCUT2D eigenvalue weighted by Gasteiger charge is -2.61. The summed E-state index contributed by atoms with van der Waals surface area (Å²) in [5, 5.41) is 13.9. The summed E-state index contributed by atoms with van der Waals surface area (Å²) in [5.41, 5.74) is 0.911. The summed E-state index contributed by atoms with van der Waals surface area (Å²) in [7, 11) is 0. The van der Waals surface area contributed by atoms with Crippen molar-refractivity contribution in [2.24, 2.45) is 34.5 Å². The predicted octanol–water partition coefficient (Wildman–Crippen LogP) is 3.94. The van der Waals surface area contributed by atoms with E-state index in [0.717, 1.165) is 49.3 Å². The number of fused-ring (bicyclic) bond motifs is 5. The molecule has 142 valence electrons. The van der Waals surface area contributed by atoms with Crippen LogP contribution >= 0.6 is 0 Å². The number of aldehydes is 1. The molecule has 0 aromatic heterocycles. The minimum atomic E-state index is -0.0404. The number of hydrogen-bond acceptors (Lipinski definition) is 3. The molecule has 0 radical (unpaired) electrons. The van der Waals surface area contributed by atoms with Crippen LogP contribution in [0.1, 0.15) is 78.1 Å². The van der Waals surface area contributed by atoms with E-state index in [0.29, 0.717) is 23.3 Å². The average Bonchev–Trinajstić information content (AvgIpc) is 2.92. The zero-order chi connectivity index (χ0) is 17.7. The van der Waals surface area contributed by atoms with E-state index >= 15 is 0 Å². The van der Waals surface area contributed by atoms with Gasteiger partial charge in [0.2, 0.25) is 0 Å². The molecule has 0 aromatic rings. The number of hydrogen-bond donors (Lipinski definition) is 2. The van der Waals surface area contributed by atoms with Gasteiger partial charge >= 0.3 is 0 Å². The Morgan fingerprint density at radius 3 is 2.56 bits per heavy atom. The summed E-state index contributed by atoms with van der Waals surface area (Å²) in [6.45, 7) is 5.96. The van der Waals surface area contributed by atoms with Crippen molar-refractivity contribution >= 4 is 6.29 Å². The number of carbonyl (C=O) groups is 1. The standard InChI is InChI=1S/C22H37NO2/c1-21-10-8-16(25)14-15(21)4-5-17-18-6-7-20(23-12-3-13-24)22(18,2)11-9-19(17)21/h13,15-20,23,25H,3-12,14H2,1-2H3/t15?,16?,17-,18-,19+,20?,21-,22-/m0/s1. The van der Waals surface area contributed by atoms with Gasteiger partial charge < -0.3 is 15.2 Å². The Balaban J connectivity index is 1.51. The van der Waals surface area contributed by atoms with Crippen LogP contribution in [0.5, 0.6) is 0 Å². The van der Waals surface area contributed by atoms with Crippen molar-refractivity contribution in [2.75, 3.05) is 6.54 Å². The summed E-state index contributed by atoms with van der Waals surface area (Å²) >= 11 is 0. The van der Waals surface area contributed by atoms with Crippen LogP contribution in [-0.2, 0) is 4.79 Å². The number of aliphatic hydroxyl groups is 1. The zero-order valence-corrected chi connectivity index (χ0v) is 16.2. The number of nitrogens with one attached hydrogen (secondary N) is 1. The Kier molecular flexibility index (Phi) is 4.77. The fraction of sp³-hybridized carbons (Fsp3) is 0.955. The molecule has 0 heterocycles. The maximum Gasteiger partial charge on any atom is 0.121 e. The van der Waals surface area contributed by atoms with Gasteiger partial charge in [0, 0.05) is 19.0 Å². The maximum atomic E-state index is 10.7. The van der Waals surface area contributed by atoms with Crippen molar-refractivity contribution in [2.45, 2.75) is 90.2 Å². The molecule has 0 saturated heterocycles. The van der Waals surface area contributed by atoms with E-state index in [1.807, 2.05) is 0 Å². The summed E-state index contributed by atoms with van der Waals surface area (Å²) < 4.78 is 0. The van der Waals surface area contributed by atoms with Gasteiger partial charge in [0.25, 0.3) is 0 Å². The molecule has 4 aliphatic rings. The lowest BCUT2D eigenvalue weighted by atomic mass is 9.45. The molecule has 2 N–H and O–H groups in total. The lowest BCUT2D eigenvalue weighted by Crippen LogP contribution is -2.55. The largest absolute Gasteiger partial charge is 0.393 e. The van der Waals surface area contributed by atoms with Crippen LogP contribution in [-0.4, -0.2) is 30.1 Å². The van der Waals surface area contributed by atoms with Gasteiger partial charge in [-0.3, -0.25) is 0 Å². The summed E-state index contributed by atoms with van der Waals surface area (Å²) in [5.74, 6) is 3.40. The molecule has 0 amide bonds. The summed E-state index contributed by atoms with van der Waals surface area (Å²) in [4.78, 5) is 10.7. The van der Waals surface area contributed by atoms with E-state index in [-0.39, 0.29) is 6.10 Å². The van der Waals surface area contributed by atoms with E-state index in [9.17, 15) is 9.90 Å². The van der Waals surface area contributed by atoms with Crippen molar-refractivity contribution in [3.8, 4) is 0 Å². The molecule has 3 heteroatoms. The Bertz CT molecular complexity index is 508. The van der Waals surface area contributed by atoms with Gasteiger partial charge in [0.1, 0.15) is 6.29 Å². The van der Waals surface area contributed by atoms with E-state index in [2.05, 4.69) is 19.2 Å². The van der Waals surface area contributed by atoms with Gasteiger partial charge in [0.15, 0.2) is 0 Å². The molecule has 4 rings (SSSR count). The van der Waals surface area contributed by atoms with Crippen molar-refractivity contribution < 1.29 is 9.90 Å². The first-order valence-electron chi connectivity index (χ1n) is 10.8. The summed E-state index contributed by atoms with van der Waals surface area (Å²) in [6, 6.07) is 0.608.